The van der Waals surface area contributed by atoms with Gasteiger partial charge in [-0.3, -0.25) is 0 Å². The predicted molar refractivity (Wildman–Crippen MR) is 90.1 cm³/mol. The number of thiocarbonyl (C=S) groups is 1. The number of nitrogens with one attached hydrogen (secondary N) is 2. The van der Waals surface area contributed by atoms with Crippen LogP contribution in [0.15, 0.2) is 6.07 Å². The van der Waals surface area contributed by atoms with E-state index in [0.29, 0.717) is 17.9 Å². The average Bonchev–Trinajstić information content (AvgIpc) is 2.21. The van der Waals surface area contributed by atoms with Crippen LogP contribution in [0.2, 0.25) is 0 Å². The third-order valence-corrected chi connectivity index (χ3v) is 3.88. The Balaban J connectivity index is 3.01. The van der Waals surface area contributed by atoms with Gasteiger partial charge in [0.15, 0.2) is 0 Å². The summed E-state index contributed by atoms with van der Waals surface area (Å²) in [5.74, 6) is 0.573. The van der Waals surface area contributed by atoms with E-state index in [1.54, 1.807) is 13.8 Å². The molecule has 1 aromatic rings. The van der Waals surface area contributed by atoms with Crippen LogP contribution in [0.1, 0.15) is 30.7 Å². The summed E-state index contributed by atoms with van der Waals surface area (Å²) < 4.78 is 25.3. The summed E-state index contributed by atoms with van der Waals surface area (Å²) in [4.78, 5) is 4.66. The van der Waals surface area contributed by atoms with Gasteiger partial charge in [0, 0.05) is 17.8 Å². The molecule has 1 aromatic heterocycles. The zero-order valence-electron chi connectivity index (χ0n) is 12.9. The molecular formula is C13H22N4O2S2. The maximum absolute atomic E-state index is 11.3. The standard InChI is InChI=1S/C13H22N4O2S2/c1-8-6-9(2)16-12(10(8)11(14)20)15-7-13(3,4)17-21(5,18)19/h6,17H,7H2,1-5H3,(H2,14,20)(H,15,16). The van der Waals surface area contributed by atoms with Gasteiger partial charge in [-0.2, -0.15) is 0 Å². The van der Waals surface area contributed by atoms with Gasteiger partial charge in [-0.15, -0.1) is 0 Å². The summed E-state index contributed by atoms with van der Waals surface area (Å²) in [5, 5.41) is 3.13. The molecule has 0 spiro atoms. The van der Waals surface area contributed by atoms with E-state index < -0.39 is 15.6 Å². The maximum Gasteiger partial charge on any atom is 0.209 e. The minimum Gasteiger partial charge on any atom is -0.389 e. The fraction of sp³-hybridized carbons (Fsp3) is 0.538. The first-order chi connectivity index (χ1) is 9.41. The molecule has 6 nitrogen and oxygen atoms in total. The lowest BCUT2D eigenvalue weighted by molar-refractivity contribution is 0.476. The van der Waals surface area contributed by atoms with E-state index in [9.17, 15) is 8.42 Å². The van der Waals surface area contributed by atoms with Crippen molar-refractivity contribution >= 4 is 33.0 Å². The molecule has 118 valence electrons. The van der Waals surface area contributed by atoms with Crippen LogP contribution in [0.3, 0.4) is 0 Å². The van der Waals surface area contributed by atoms with Crippen LogP contribution in [-0.2, 0) is 10.0 Å². The Labute approximate surface area is 131 Å². The highest BCUT2D eigenvalue weighted by atomic mass is 32.2. The van der Waals surface area contributed by atoms with Gasteiger partial charge in [-0.05, 0) is 39.3 Å². The number of nitrogens with zero attached hydrogens (tertiary/aromatic N) is 1. The molecule has 0 saturated carbocycles. The van der Waals surface area contributed by atoms with Crippen LogP contribution >= 0.6 is 12.2 Å². The van der Waals surface area contributed by atoms with Crippen molar-refractivity contribution in [2.45, 2.75) is 33.2 Å². The van der Waals surface area contributed by atoms with Crippen molar-refractivity contribution in [2.75, 3.05) is 18.1 Å². The summed E-state index contributed by atoms with van der Waals surface area (Å²) in [6.45, 7) is 7.70. The molecule has 0 aromatic carbocycles. The molecule has 0 unspecified atom stereocenters. The summed E-state index contributed by atoms with van der Waals surface area (Å²) in [7, 11) is -3.29. The third kappa shape index (κ3) is 5.56. The normalized spacial score (nSPS) is 12.2. The summed E-state index contributed by atoms with van der Waals surface area (Å²) in [6.07, 6.45) is 1.13. The fourth-order valence-corrected chi connectivity index (χ4v) is 3.45. The first kappa shape index (κ1) is 17.8. The van der Waals surface area contributed by atoms with Gasteiger partial charge < -0.3 is 11.1 Å². The first-order valence-corrected chi connectivity index (χ1v) is 8.72. The molecule has 0 bridgehead atoms. The SMILES string of the molecule is Cc1cc(C)c(C(N)=S)c(NCC(C)(C)NS(C)(=O)=O)n1. The third-order valence-electron chi connectivity index (χ3n) is 2.75. The van der Waals surface area contributed by atoms with Gasteiger partial charge in [0.1, 0.15) is 10.8 Å². The van der Waals surface area contributed by atoms with Crippen LogP contribution in [0.5, 0.6) is 0 Å². The van der Waals surface area contributed by atoms with Gasteiger partial charge in [-0.25, -0.2) is 18.1 Å². The molecule has 21 heavy (non-hydrogen) atoms. The highest BCUT2D eigenvalue weighted by molar-refractivity contribution is 7.88. The molecule has 0 fully saturated rings. The molecule has 1 heterocycles. The highest BCUT2D eigenvalue weighted by Gasteiger charge is 2.23. The van der Waals surface area contributed by atoms with E-state index in [1.165, 1.54) is 0 Å². The van der Waals surface area contributed by atoms with Gasteiger partial charge >= 0.3 is 0 Å². The van der Waals surface area contributed by atoms with E-state index in [-0.39, 0.29) is 4.99 Å². The van der Waals surface area contributed by atoms with Crippen molar-refractivity contribution < 1.29 is 8.42 Å². The minimum absolute atomic E-state index is 0.261. The predicted octanol–water partition coefficient (Wildman–Crippen LogP) is 1.07. The average molecular weight is 330 g/mol. The zero-order chi connectivity index (χ0) is 16.4. The summed E-state index contributed by atoms with van der Waals surface area (Å²) >= 11 is 5.06. The first-order valence-electron chi connectivity index (χ1n) is 6.42. The number of rotatable bonds is 6. The van der Waals surface area contributed by atoms with Crippen molar-refractivity contribution in [3.05, 3.63) is 22.9 Å². The van der Waals surface area contributed by atoms with Crippen molar-refractivity contribution in [1.82, 2.24) is 9.71 Å². The minimum atomic E-state index is -3.29. The lowest BCUT2D eigenvalue weighted by Gasteiger charge is -2.26. The van der Waals surface area contributed by atoms with Crippen LogP contribution in [-0.4, -0.2) is 36.7 Å². The highest BCUT2D eigenvalue weighted by Crippen LogP contribution is 2.19. The number of aromatic nitrogens is 1. The number of nitrogens with two attached hydrogens (primary N) is 1. The Morgan fingerprint density at radius 2 is 2.00 bits per heavy atom. The number of anilines is 1. The number of sulfonamides is 1. The number of pyridine rings is 1. The van der Waals surface area contributed by atoms with Gasteiger partial charge in [-0.1, -0.05) is 12.2 Å². The van der Waals surface area contributed by atoms with Crippen molar-refractivity contribution in [3.8, 4) is 0 Å². The number of aryl methyl sites for hydroxylation is 2. The molecular weight excluding hydrogens is 308 g/mol. The largest absolute Gasteiger partial charge is 0.389 e. The lowest BCUT2D eigenvalue weighted by atomic mass is 10.1. The van der Waals surface area contributed by atoms with Gasteiger partial charge in [0.25, 0.3) is 0 Å². The van der Waals surface area contributed by atoms with Gasteiger partial charge in [0.2, 0.25) is 10.0 Å². The molecule has 0 aliphatic heterocycles. The zero-order valence-corrected chi connectivity index (χ0v) is 14.6. The molecule has 0 atom stereocenters. The monoisotopic (exact) mass is 330 g/mol. The van der Waals surface area contributed by atoms with Crippen molar-refractivity contribution in [1.29, 1.82) is 0 Å². The Hall–Kier alpha value is -1.25. The second-order valence-electron chi connectivity index (χ2n) is 5.78. The van der Waals surface area contributed by atoms with E-state index in [1.807, 2.05) is 19.9 Å². The number of hydrogen-bond acceptors (Lipinski definition) is 5. The maximum atomic E-state index is 11.3. The van der Waals surface area contributed by atoms with E-state index in [0.717, 1.165) is 17.5 Å². The topological polar surface area (TPSA) is 97.1 Å². The fourth-order valence-electron chi connectivity index (χ4n) is 2.12. The quantitative estimate of drug-likeness (QED) is 0.675. The summed E-state index contributed by atoms with van der Waals surface area (Å²) in [5.41, 5.74) is 7.54. The Kier molecular flexibility index (Phi) is 5.30. The van der Waals surface area contributed by atoms with E-state index in [2.05, 4.69) is 15.0 Å². The molecule has 1 rings (SSSR count). The Morgan fingerprint density at radius 3 is 2.48 bits per heavy atom. The Morgan fingerprint density at radius 1 is 1.43 bits per heavy atom. The molecule has 4 N–H and O–H groups in total. The lowest BCUT2D eigenvalue weighted by Crippen LogP contribution is -2.48. The van der Waals surface area contributed by atoms with Crippen LogP contribution in [0.4, 0.5) is 5.82 Å². The molecule has 8 heteroatoms. The van der Waals surface area contributed by atoms with E-state index >= 15 is 0 Å². The molecule has 0 radical (unpaired) electrons. The van der Waals surface area contributed by atoms with Gasteiger partial charge in [0.05, 0.1) is 11.8 Å². The van der Waals surface area contributed by atoms with Crippen LogP contribution < -0.4 is 15.8 Å². The number of hydrogen-bond donors (Lipinski definition) is 3. The second kappa shape index (κ2) is 6.25. The van der Waals surface area contributed by atoms with E-state index in [4.69, 9.17) is 18.0 Å². The molecule has 0 amide bonds. The second-order valence-corrected chi connectivity index (χ2v) is 7.97. The van der Waals surface area contributed by atoms with Crippen molar-refractivity contribution in [3.63, 3.8) is 0 Å². The molecule has 0 aliphatic carbocycles. The summed E-state index contributed by atoms with van der Waals surface area (Å²) in [6, 6.07) is 1.90. The van der Waals surface area contributed by atoms with Crippen molar-refractivity contribution in [2.24, 2.45) is 5.73 Å². The molecule has 0 saturated heterocycles. The smallest absolute Gasteiger partial charge is 0.209 e. The van der Waals surface area contributed by atoms with Crippen LogP contribution in [0, 0.1) is 13.8 Å². The Bertz CT molecular complexity index is 654. The molecule has 0 aliphatic rings. The van der Waals surface area contributed by atoms with Crippen LogP contribution in [0.25, 0.3) is 0 Å².